The van der Waals surface area contributed by atoms with Crippen LogP contribution in [-0.2, 0) is 0 Å². The zero-order chi connectivity index (χ0) is 9.84. The Labute approximate surface area is 76.4 Å². The van der Waals surface area contributed by atoms with Crippen molar-refractivity contribution >= 4 is 5.69 Å². The highest BCUT2D eigenvalue weighted by Gasteiger charge is 2.06. The molecule has 4 heteroatoms. The molecule has 0 spiro atoms. The summed E-state index contributed by atoms with van der Waals surface area (Å²) >= 11 is 0. The minimum absolute atomic E-state index is 0.144. The van der Waals surface area contributed by atoms with E-state index in [-0.39, 0.29) is 6.61 Å². The van der Waals surface area contributed by atoms with Gasteiger partial charge in [0.05, 0.1) is 18.2 Å². The van der Waals surface area contributed by atoms with Crippen LogP contribution in [0.1, 0.15) is 17.2 Å². The van der Waals surface area contributed by atoms with Crippen LogP contribution in [0, 0.1) is 11.3 Å². The number of nitrogens with two attached hydrogens (primary N) is 2. The van der Waals surface area contributed by atoms with Crippen molar-refractivity contribution in [1.82, 2.24) is 0 Å². The molecule has 0 saturated carbocycles. The van der Waals surface area contributed by atoms with E-state index >= 15 is 0 Å². The summed E-state index contributed by atoms with van der Waals surface area (Å²) in [5.41, 5.74) is 12.6. The van der Waals surface area contributed by atoms with Crippen LogP contribution >= 0.6 is 0 Å². The largest absolute Gasteiger partial charge is 0.398 e. The van der Waals surface area contributed by atoms with Gasteiger partial charge in [-0.2, -0.15) is 5.26 Å². The summed E-state index contributed by atoms with van der Waals surface area (Å²) in [6, 6.07) is 6.41. The second-order valence-corrected chi connectivity index (χ2v) is 2.75. The van der Waals surface area contributed by atoms with E-state index in [1.165, 1.54) is 0 Å². The molecule has 5 N–H and O–H groups in total. The third-order valence-corrected chi connectivity index (χ3v) is 1.82. The summed E-state index contributed by atoms with van der Waals surface area (Å²) < 4.78 is 0. The predicted octanol–water partition coefficient (Wildman–Crippen LogP) is 0.133. The zero-order valence-corrected chi connectivity index (χ0v) is 7.07. The third kappa shape index (κ3) is 1.96. The lowest BCUT2D eigenvalue weighted by molar-refractivity contribution is 0.268. The van der Waals surface area contributed by atoms with Gasteiger partial charge in [-0.05, 0) is 17.7 Å². The quantitative estimate of drug-likeness (QED) is 0.559. The van der Waals surface area contributed by atoms with Crippen LogP contribution in [0.5, 0.6) is 0 Å². The Balaban J connectivity index is 3.08. The number of benzene rings is 1. The molecule has 0 unspecified atom stereocenters. The van der Waals surface area contributed by atoms with Gasteiger partial charge >= 0.3 is 0 Å². The fraction of sp³-hybridized carbons (Fsp3) is 0.222. The van der Waals surface area contributed by atoms with Gasteiger partial charge < -0.3 is 16.6 Å². The van der Waals surface area contributed by atoms with Crippen LogP contribution in [0.2, 0.25) is 0 Å². The summed E-state index contributed by atoms with van der Waals surface area (Å²) in [7, 11) is 0. The molecule has 0 aliphatic carbocycles. The standard InChI is InChI=1S/C9H11N3O/c10-4-7-3-6(9(12)5-13)1-2-8(7)11/h1-3,9,13H,5,11-12H2/t9-/m0/s1. The monoisotopic (exact) mass is 177 g/mol. The van der Waals surface area contributed by atoms with Gasteiger partial charge in [-0.25, -0.2) is 0 Å². The molecule has 1 aromatic carbocycles. The summed E-state index contributed by atoms with van der Waals surface area (Å²) in [6.07, 6.45) is 0. The molecule has 0 radical (unpaired) electrons. The molecule has 0 saturated heterocycles. The van der Waals surface area contributed by atoms with Crippen molar-refractivity contribution in [3.63, 3.8) is 0 Å². The van der Waals surface area contributed by atoms with E-state index in [2.05, 4.69) is 0 Å². The Bertz CT molecular complexity index is 343. The Morgan fingerprint density at radius 2 is 2.23 bits per heavy atom. The highest BCUT2D eigenvalue weighted by molar-refractivity contribution is 5.55. The van der Waals surface area contributed by atoms with Gasteiger partial charge in [-0.15, -0.1) is 0 Å². The van der Waals surface area contributed by atoms with E-state index in [0.29, 0.717) is 16.8 Å². The number of anilines is 1. The molecule has 0 amide bonds. The highest BCUT2D eigenvalue weighted by atomic mass is 16.3. The van der Waals surface area contributed by atoms with Crippen LogP contribution in [0.4, 0.5) is 5.69 Å². The van der Waals surface area contributed by atoms with Gasteiger partial charge in [0, 0.05) is 5.69 Å². The molecule has 0 aromatic heterocycles. The minimum Gasteiger partial charge on any atom is -0.398 e. The number of hydrogen-bond acceptors (Lipinski definition) is 4. The number of hydrogen-bond donors (Lipinski definition) is 3. The highest BCUT2D eigenvalue weighted by Crippen LogP contribution is 2.16. The average molecular weight is 177 g/mol. The van der Waals surface area contributed by atoms with Gasteiger partial charge in [-0.3, -0.25) is 0 Å². The van der Waals surface area contributed by atoms with E-state index in [4.69, 9.17) is 21.8 Å². The fourth-order valence-corrected chi connectivity index (χ4v) is 1.01. The van der Waals surface area contributed by atoms with Gasteiger partial charge in [0.1, 0.15) is 6.07 Å². The summed E-state index contributed by atoms with van der Waals surface area (Å²) in [4.78, 5) is 0. The Morgan fingerprint density at radius 3 is 2.77 bits per heavy atom. The molecule has 0 aliphatic heterocycles. The summed E-state index contributed by atoms with van der Waals surface area (Å²) in [5.74, 6) is 0. The molecule has 1 atom stereocenters. The Hall–Kier alpha value is -1.57. The van der Waals surface area contributed by atoms with Crippen LogP contribution in [-0.4, -0.2) is 11.7 Å². The molecular weight excluding hydrogens is 166 g/mol. The lowest BCUT2D eigenvalue weighted by Gasteiger charge is -2.09. The number of rotatable bonds is 2. The van der Waals surface area contributed by atoms with E-state index in [0.717, 1.165) is 0 Å². The summed E-state index contributed by atoms with van der Waals surface area (Å²) in [6.45, 7) is -0.144. The number of aliphatic hydroxyl groups excluding tert-OH is 1. The zero-order valence-electron chi connectivity index (χ0n) is 7.07. The Kier molecular flexibility index (Phi) is 2.85. The Morgan fingerprint density at radius 1 is 1.54 bits per heavy atom. The molecule has 0 bridgehead atoms. The van der Waals surface area contributed by atoms with E-state index in [1.54, 1.807) is 18.2 Å². The van der Waals surface area contributed by atoms with E-state index in [1.807, 2.05) is 6.07 Å². The van der Waals surface area contributed by atoms with Crippen LogP contribution in [0.15, 0.2) is 18.2 Å². The molecule has 4 nitrogen and oxygen atoms in total. The first-order valence-electron chi connectivity index (χ1n) is 3.85. The third-order valence-electron chi connectivity index (χ3n) is 1.82. The average Bonchev–Trinajstić information content (AvgIpc) is 2.17. The number of nitrogens with zero attached hydrogens (tertiary/aromatic N) is 1. The first-order valence-corrected chi connectivity index (χ1v) is 3.85. The first kappa shape index (κ1) is 9.52. The van der Waals surface area contributed by atoms with Crippen molar-refractivity contribution in [3.8, 4) is 6.07 Å². The van der Waals surface area contributed by atoms with Crippen LogP contribution in [0.3, 0.4) is 0 Å². The minimum atomic E-state index is -0.451. The lowest BCUT2D eigenvalue weighted by atomic mass is 10.0. The topological polar surface area (TPSA) is 96.1 Å². The van der Waals surface area contributed by atoms with E-state index < -0.39 is 6.04 Å². The second-order valence-electron chi connectivity index (χ2n) is 2.75. The lowest BCUT2D eigenvalue weighted by Crippen LogP contribution is -2.14. The number of nitrogen functional groups attached to an aromatic ring is 1. The predicted molar refractivity (Wildman–Crippen MR) is 49.6 cm³/mol. The van der Waals surface area contributed by atoms with Crippen molar-refractivity contribution in [2.45, 2.75) is 6.04 Å². The normalized spacial score (nSPS) is 12.1. The second kappa shape index (κ2) is 3.90. The van der Waals surface area contributed by atoms with Crippen molar-refractivity contribution in [2.75, 3.05) is 12.3 Å². The van der Waals surface area contributed by atoms with Crippen LogP contribution < -0.4 is 11.5 Å². The van der Waals surface area contributed by atoms with Crippen molar-refractivity contribution < 1.29 is 5.11 Å². The van der Waals surface area contributed by atoms with Crippen molar-refractivity contribution in [2.24, 2.45) is 5.73 Å². The molecule has 13 heavy (non-hydrogen) atoms. The fourth-order valence-electron chi connectivity index (χ4n) is 1.01. The van der Waals surface area contributed by atoms with Gasteiger partial charge in [0.2, 0.25) is 0 Å². The number of aliphatic hydroxyl groups is 1. The maximum Gasteiger partial charge on any atom is 0.101 e. The maximum absolute atomic E-state index is 8.78. The van der Waals surface area contributed by atoms with E-state index in [9.17, 15) is 0 Å². The molecular formula is C9H11N3O. The molecule has 0 heterocycles. The van der Waals surface area contributed by atoms with Crippen LogP contribution in [0.25, 0.3) is 0 Å². The smallest absolute Gasteiger partial charge is 0.101 e. The van der Waals surface area contributed by atoms with Gasteiger partial charge in [0.25, 0.3) is 0 Å². The van der Waals surface area contributed by atoms with Crippen molar-refractivity contribution in [3.05, 3.63) is 29.3 Å². The first-order chi connectivity index (χ1) is 6.19. The van der Waals surface area contributed by atoms with Gasteiger partial charge in [0.15, 0.2) is 0 Å². The summed E-state index contributed by atoms with van der Waals surface area (Å²) in [5, 5.41) is 17.4. The number of nitriles is 1. The molecule has 0 fully saturated rings. The van der Waals surface area contributed by atoms with Gasteiger partial charge in [-0.1, -0.05) is 6.07 Å². The van der Waals surface area contributed by atoms with Crippen molar-refractivity contribution in [1.29, 1.82) is 5.26 Å². The maximum atomic E-state index is 8.78. The molecule has 1 aromatic rings. The molecule has 0 aliphatic rings. The molecule has 1 rings (SSSR count). The SMILES string of the molecule is N#Cc1cc([C@@H](N)CO)ccc1N. The molecule has 68 valence electrons.